The Hall–Kier alpha value is -1.93. The molecule has 1 saturated heterocycles. The Labute approximate surface area is 176 Å². The summed E-state index contributed by atoms with van der Waals surface area (Å²) < 4.78 is 38.6. The summed E-state index contributed by atoms with van der Waals surface area (Å²) in [5, 5.41) is 0.0623. The Morgan fingerprint density at radius 2 is 1.83 bits per heavy atom. The molecule has 0 aromatic heterocycles. The van der Waals surface area contributed by atoms with E-state index in [-0.39, 0.29) is 47.4 Å². The van der Waals surface area contributed by atoms with Crippen molar-refractivity contribution in [3.8, 4) is 0 Å². The van der Waals surface area contributed by atoms with Crippen LogP contribution in [0, 0.1) is 6.92 Å². The van der Waals surface area contributed by atoms with E-state index in [1.807, 2.05) is 45.0 Å². The van der Waals surface area contributed by atoms with Gasteiger partial charge in [-0.2, -0.15) is 4.31 Å². The monoisotopic (exact) mass is 437 g/mol. The van der Waals surface area contributed by atoms with Crippen LogP contribution in [0.1, 0.15) is 35.3 Å². The van der Waals surface area contributed by atoms with Gasteiger partial charge >= 0.3 is 5.97 Å². The molecule has 1 aliphatic heterocycles. The molecular weight excluding hydrogens is 414 g/mol. The summed E-state index contributed by atoms with van der Waals surface area (Å²) in [6.45, 7) is 6.13. The number of hydrogen-bond donors (Lipinski definition) is 0. The third-order valence-electron chi connectivity index (χ3n) is 4.79. The molecule has 0 N–H and O–H groups in total. The number of ether oxygens (including phenoxy) is 2. The lowest BCUT2D eigenvalue weighted by Gasteiger charge is -2.34. The average molecular weight is 438 g/mol. The predicted octanol–water partition coefficient (Wildman–Crippen LogP) is 3.80. The Morgan fingerprint density at radius 3 is 2.48 bits per heavy atom. The van der Waals surface area contributed by atoms with Gasteiger partial charge in [-0.3, -0.25) is 0 Å². The van der Waals surface area contributed by atoms with Crippen molar-refractivity contribution in [1.29, 1.82) is 0 Å². The van der Waals surface area contributed by atoms with Gasteiger partial charge in [0.25, 0.3) is 0 Å². The van der Waals surface area contributed by atoms with E-state index in [4.69, 9.17) is 21.1 Å². The predicted molar refractivity (Wildman–Crippen MR) is 111 cm³/mol. The molecule has 8 heteroatoms. The molecule has 1 fully saturated rings. The second-order valence-corrected chi connectivity index (χ2v) is 9.54. The molecule has 0 radical (unpaired) electrons. The first-order valence-electron chi connectivity index (χ1n) is 9.35. The maximum Gasteiger partial charge on any atom is 0.338 e. The molecule has 29 heavy (non-hydrogen) atoms. The highest BCUT2D eigenvalue weighted by Gasteiger charge is 2.34. The van der Waals surface area contributed by atoms with Gasteiger partial charge in [0.05, 0.1) is 22.8 Å². The number of nitrogens with zero attached hydrogens (tertiary/aromatic N) is 1. The fraction of sp³-hybridized carbons (Fsp3) is 0.381. The number of sulfonamides is 1. The van der Waals surface area contributed by atoms with E-state index >= 15 is 0 Å². The van der Waals surface area contributed by atoms with Gasteiger partial charge in [0.15, 0.2) is 0 Å². The molecular formula is C21H24ClNO5S. The molecule has 3 rings (SSSR count). The van der Waals surface area contributed by atoms with Crippen LogP contribution in [0.2, 0.25) is 5.02 Å². The number of carbonyl (C=O) groups excluding carboxylic acids is 1. The van der Waals surface area contributed by atoms with Crippen molar-refractivity contribution in [2.75, 3.05) is 13.1 Å². The Bertz CT molecular complexity index is 998. The molecule has 1 heterocycles. The van der Waals surface area contributed by atoms with Crippen molar-refractivity contribution in [1.82, 2.24) is 4.31 Å². The van der Waals surface area contributed by atoms with Gasteiger partial charge in [-0.25, -0.2) is 13.2 Å². The second-order valence-electron chi connectivity index (χ2n) is 7.23. The summed E-state index contributed by atoms with van der Waals surface area (Å²) >= 11 is 6.18. The molecule has 2 aromatic carbocycles. The number of halogens is 1. The van der Waals surface area contributed by atoms with Crippen LogP contribution in [0.4, 0.5) is 0 Å². The molecule has 0 amide bonds. The second kappa shape index (κ2) is 8.83. The standard InChI is InChI=1S/C21H24ClNO5S/c1-14-6-4-5-7-18(14)13-27-21(24)17-8-9-19(22)20(10-17)29(25,26)23-11-15(2)28-16(3)12-23/h4-10,15-16H,11-13H2,1-3H3. The van der Waals surface area contributed by atoms with E-state index in [9.17, 15) is 13.2 Å². The SMILES string of the molecule is Cc1ccccc1COC(=O)c1ccc(Cl)c(S(=O)(=O)N2CC(C)OC(C)C2)c1. The lowest BCUT2D eigenvalue weighted by atomic mass is 10.1. The zero-order valence-electron chi connectivity index (χ0n) is 16.6. The molecule has 2 atom stereocenters. The highest BCUT2D eigenvalue weighted by Crippen LogP contribution is 2.28. The van der Waals surface area contributed by atoms with Gasteiger partial charge in [0.1, 0.15) is 11.5 Å². The summed E-state index contributed by atoms with van der Waals surface area (Å²) in [4.78, 5) is 12.4. The number of carbonyl (C=O) groups is 1. The smallest absolute Gasteiger partial charge is 0.338 e. The zero-order chi connectivity index (χ0) is 21.2. The van der Waals surface area contributed by atoms with Crippen molar-refractivity contribution in [3.63, 3.8) is 0 Å². The summed E-state index contributed by atoms with van der Waals surface area (Å²) in [6, 6.07) is 11.7. The Kier molecular flexibility index (Phi) is 6.63. The molecule has 156 valence electrons. The molecule has 2 unspecified atom stereocenters. The minimum absolute atomic E-state index is 0.0623. The average Bonchev–Trinajstić information content (AvgIpc) is 2.66. The van der Waals surface area contributed by atoms with Crippen LogP contribution < -0.4 is 0 Å². The van der Waals surface area contributed by atoms with E-state index in [0.717, 1.165) is 11.1 Å². The summed E-state index contributed by atoms with van der Waals surface area (Å²) in [5.74, 6) is -0.606. The van der Waals surface area contributed by atoms with Crippen molar-refractivity contribution in [2.24, 2.45) is 0 Å². The van der Waals surface area contributed by atoms with Crippen LogP contribution in [0.5, 0.6) is 0 Å². The van der Waals surface area contributed by atoms with Gasteiger partial charge in [-0.1, -0.05) is 35.9 Å². The first-order valence-corrected chi connectivity index (χ1v) is 11.2. The lowest BCUT2D eigenvalue weighted by molar-refractivity contribution is -0.0440. The van der Waals surface area contributed by atoms with Crippen molar-refractivity contribution < 1.29 is 22.7 Å². The van der Waals surface area contributed by atoms with Crippen LogP contribution in [-0.2, 0) is 26.1 Å². The quantitative estimate of drug-likeness (QED) is 0.665. The number of rotatable bonds is 5. The van der Waals surface area contributed by atoms with E-state index < -0.39 is 16.0 Å². The van der Waals surface area contributed by atoms with Crippen molar-refractivity contribution in [3.05, 3.63) is 64.2 Å². The first kappa shape index (κ1) is 21.8. The molecule has 0 bridgehead atoms. The Morgan fingerprint density at radius 1 is 1.17 bits per heavy atom. The number of morpholine rings is 1. The topological polar surface area (TPSA) is 72.9 Å². The zero-order valence-corrected chi connectivity index (χ0v) is 18.2. The molecule has 2 aromatic rings. The van der Waals surface area contributed by atoms with E-state index in [0.29, 0.717) is 0 Å². The van der Waals surface area contributed by atoms with E-state index in [1.165, 1.54) is 22.5 Å². The molecule has 6 nitrogen and oxygen atoms in total. The van der Waals surface area contributed by atoms with Crippen LogP contribution in [0.25, 0.3) is 0 Å². The normalized spacial score (nSPS) is 20.4. The van der Waals surface area contributed by atoms with Gasteiger partial charge in [-0.05, 0) is 50.1 Å². The Balaban J connectivity index is 1.82. The summed E-state index contributed by atoms with van der Waals surface area (Å²) in [6.07, 6.45) is -0.455. The molecule has 0 saturated carbocycles. The van der Waals surface area contributed by atoms with Gasteiger partial charge in [0.2, 0.25) is 10.0 Å². The molecule has 1 aliphatic rings. The highest BCUT2D eigenvalue weighted by molar-refractivity contribution is 7.89. The van der Waals surface area contributed by atoms with E-state index in [2.05, 4.69) is 0 Å². The van der Waals surface area contributed by atoms with Crippen LogP contribution in [-0.4, -0.2) is 44.0 Å². The van der Waals surface area contributed by atoms with Crippen LogP contribution >= 0.6 is 11.6 Å². The number of benzene rings is 2. The van der Waals surface area contributed by atoms with Crippen LogP contribution in [0.15, 0.2) is 47.4 Å². The minimum atomic E-state index is -3.87. The molecule has 0 aliphatic carbocycles. The van der Waals surface area contributed by atoms with Gasteiger partial charge in [-0.15, -0.1) is 0 Å². The maximum atomic E-state index is 13.1. The first-order chi connectivity index (χ1) is 13.7. The van der Waals surface area contributed by atoms with Crippen LogP contribution in [0.3, 0.4) is 0 Å². The fourth-order valence-electron chi connectivity index (χ4n) is 3.29. The maximum absolute atomic E-state index is 13.1. The lowest BCUT2D eigenvalue weighted by Crippen LogP contribution is -2.48. The third kappa shape index (κ3) is 4.98. The number of hydrogen-bond acceptors (Lipinski definition) is 5. The van der Waals surface area contributed by atoms with Gasteiger partial charge in [0, 0.05) is 13.1 Å². The summed E-state index contributed by atoms with van der Waals surface area (Å²) in [7, 11) is -3.87. The van der Waals surface area contributed by atoms with Crippen molar-refractivity contribution >= 4 is 27.6 Å². The third-order valence-corrected chi connectivity index (χ3v) is 7.10. The summed E-state index contributed by atoms with van der Waals surface area (Å²) in [5.41, 5.74) is 2.03. The van der Waals surface area contributed by atoms with Crippen molar-refractivity contribution in [2.45, 2.75) is 44.5 Å². The minimum Gasteiger partial charge on any atom is -0.457 e. The number of aryl methyl sites for hydroxylation is 1. The number of esters is 1. The molecule has 0 spiro atoms. The largest absolute Gasteiger partial charge is 0.457 e. The fourth-order valence-corrected chi connectivity index (χ4v) is 5.38. The van der Waals surface area contributed by atoms with E-state index in [1.54, 1.807) is 0 Å². The van der Waals surface area contributed by atoms with Gasteiger partial charge < -0.3 is 9.47 Å². The highest BCUT2D eigenvalue weighted by atomic mass is 35.5.